The third-order valence-corrected chi connectivity index (χ3v) is 6.06. The molecule has 0 spiro atoms. The molecule has 2 aliphatic heterocycles. The summed E-state index contributed by atoms with van der Waals surface area (Å²) < 4.78 is 75.3. The van der Waals surface area contributed by atoms with Crippen LogP contribution in [0.15, 0.2) is 12.3 Å². The van der Waals surface area contributed by atoms with Gasteiger partial charge in [0, 0.05) is 63.5 Å². The van der Waals surface area contributed by atoms with Gasteiger partial charge in [-0.1, -0.05) is 20.8 Å². The summed E-state index contributed by atoms with van der Waals surface area (Å²) in [6.45, 7) is 9.37. The van der Waals surface area contributed by atoms with Gasteiger partial charge in [-0.25, -0.2) is 0 Å². The van der Waals surface area contributed by atoms with Crippen molar-refractivity contribution in [2.75, 3.05) is 33.4 Å². The first-order chi connectivity index (χ1) is 16.8. The number of rotatable bonds is 6. The fraction of sp³-hybridized carbons (Fsp3) is 0.760. The monoisotopic (exact) mass is 527 g/mol. The zero-order valence-corrected chi connectivity index (χ0v) is 21.8. The highest BCUT2D eigenvalue weighted by Crippen LogP contribution is 2.31. The van der Waals surface area contributed by atoms with Gasteiger partial charge < -0.3 is 14.5 Å². The van der Waals surface area contributed by atoms with Crippen LogP contribution in [0.25, 0.3) is 0 Å². The number of alkyl halides is 6. The van der Waals surface area contributed by atoms with Gasteiger partial charge in [0.25, 0.3) is 0 Å². The molecular weight excluding hydrogens is 488 g/mol. The lowest BCUT2D eigenvalue weighted by atomic mass is 9.99. The number of amides is 1. The van der Waals surface area contributed by atoms with E-state index in [9.17, 15) is 31.1 Å². The van der Waals surface area contributed by atoms with Gasteiger partial charge in [0.05, 0.1) is 5.56 Å². The number of pyridine rings is 1. The molecule has 1 aromatic rings. The fourth-order valence-corrected chi connectivity index (χ4v) is 4.16. The number of ether oxygens (including phenoxy) is 1. The Morgan fingerprint density at radius 3 is 2.33 bits per heavy atom. The average molecular weight is 528 g/mol. The van der Waals surface area contributed by atoms with Gasteiger partial charge in [-0.05, 0) is 50.9 Å². The van der Waals surface area contributed by atoms with Crippen molar-refractivity contribution >= 4 is 5.91 Å². The van der Waals surface area contributed by atoms with Crippen molar-refractivity contribution < 1.29 is 35.9 Å². The first kappa shape index (κ1) is 32.1. The number of halogens is 6. The quantitative estimate of drug-likeness (QED) is 0.419. The zero-order valence-electron chi connectivity index (χ0n) is 21.8. The third kappa shape index (κ3) is 11.5. The topological polar surface area (TPSA) is 45.7 Å². The minimum Gasteiger partial charge on any atom is -0.381 e. The number of fused-ring (bicyclic) bond motifs is 1. The van der Waals surface area contributed by atoms with E-state index in [0.29, 0.717) is 30.3 Å². The predicted molar refractivity (Wildman–Crippen MR) is 126 cm³/mol. The average Bonchev–Trinajstić information content (AvgIpc) is 2.83. The van der Waals surface area contributed by atoms with Gasteiger partial charge in [-0.2, -0.15) is 26.3 Å². The van der Waals surface area contributed by atoms with E-state index in [-0.39, 0.29) is 25.3 Å². The van der Waals surface area contributed by atoms with E-state index in [4.69, 9.17) is 4.74 Å². The molecule has 0 aromatic carbocycles. The molecule has 1 fully saturated rings. The molecule has 0 saturated carbocycles. The molecule has 3 rings (SSSR count). The van der Waals surface area contributed by atoms with E-state index >= 15 is 0 Å². The van der Waals surface area contributed by atoms with E-state index in [0.717, 1.165) is 57.7 Å². The summed E-state index contributed by atoms with van der Waals surface area (Å²) in [6.07, 6.45) is -3.25. The molecule has 0 aliphatic carbocycles. The summed E-state index contributed by atoms with van der Waals surface area (Å²) in [6, 6.07) is 1.68. The Labute approximate surface area is 210 Å². The Balaban J connectivity index is 0.000000826. The molecule has 36 heavy (non-hydrogen) atoms. The molecule has 0 radical (unpaired) electrons. The molecule has 1 amide bonds. The molecule has 1 saturated heterocycles. The third-order valence-electron chi connectivity index (χ3n) is 6.06. The summed E-state index contributed by atoms with van der Waals surface area (Å²) in [7, 11) is 2.12. The second kappa shape index (κ2) is 14.8. The summed E-state index contributed by atoms with van der Waals surface area (Å²) >= 11 is 0. The van der Waals surface area contributed by atoms with Gasteiger partial charge in [-0.3, -0.25) is 9.78 Å². The molecule has 1 atom stereocenters. The lowest BCUT2D eigenvalue weighted by Gasteiger charge is -2.32. The van der Waals surface area contributed by atoms with Crippen molar-refractivity contribution in [2.24, 2.45) is 5.92 Å². The van der Waals surface area contributed by atoms with Crippen molar-refractivity contribution in [1.29, 1.82) is 0 Å². The first-order valence-electron chi connectivity index (χ1n) is 12.4. The maximum Gasteiger partial charge on any atom is 0.417 e. The maximum atomic E-state index is 12.9. The molecule has 11 heteroatoms. The number of nitrogens with zero attached hydrogens (tertiary/aromatic N) is 3. The number of aromatic nitrogens is 1. The molecule has 0 unspecified atom stereocenters. The number of hydrogen-bond acceptors (Lipinski definition) is 4. The zero-order chi connectivity index (χ0) is 27.5. The van der Waals surface area contributed by atoms with Crippen LogP contribution in [0.4, 0.5) is 26.3 Å². The normalized spacial score (nSPS) is 17.4. The standard InChI is InChI=1S/C21H30F3N3O2.C2H3F3.C2H6/c1-15(4-3-8-26(2)18-6-10-29-11-7-18)20(28)27-9-5-19-16(14-27)12-17(13-25-19)21(22,23)24;1-2(3,4)5;1-2/h12-13,15,18H,3-11,14H2,1-2H3;1H3;1-2H3/t15-;;/m1../s1. The van der Waals surface area contributed by atoms with E-state index in [2.05, 4.69) is 16.9 Å². The molecule has 1 aromatic heterocycles. The second-order valence-corrected chi connectivity index (χ2v) is 8.99. The van der Waals surface area contributed by atoms with Gasteiger partial charge in [-0.15, -0.1) is 0 Å². The lowest BCUT2D eigenvalue weighted by Crippen LogP contribution is -2.40. The van der Waals surface area contributed by atoms with E-state index in [1.54, 1.807) is 4.90 Å². The Morgan fingerprint density at radius 1 is 1.19 bits per heavy atom. The van der Waals surface area contributed by atoms with Crippen molar-refractivity contribution in [2.45, 2.75) is 84.7 Å². The summed E-state index contributed by atoms with van der Waals surface area (Å²) in [5.41, 5.74) is 0.411. The SMILES string of the molecule is CC.CC(F)(F)F.C[C@H](CCCN(C)C1CCOCC1)C(=O)N1CCc2ncc(C(F)(F)F)cc2C1. The van der Waals surface area contributed by atoms with Gasteiger partial charge >= 0.3 is 12.4 Å². The Morgan fingerprint density at radius 2 is 1.78 bits per heavy atom. The smallest absolute Gasteiger partial charge is 0.381 e. The predicted octanol–water partition coefficient (Wildman–Crippen LogP) is 6.11. The number of carbonyl (C=O) groups is 1. The van der Waals surface area contributed by atoms with Crippen LogP contribution in [0.1, 0.15) is 70.2 Å². The minimum absolute atomic E-state index is 0.0155. The van der Waals surface area contributed by atoms with Crippen LogP contribution < -0.4 is 0 Å². The van der Waals surface area contributed by atoms with Crippen LogP contribution in [-0.2, 0) is 28.7 Å². The fourth-order valence-electron chi connectivity index (χ4n) is 4.16. The second-order valence-electron chi connectivity index (χ2n) is 8.99. The Bertz CT molecular complexity index is 789. The molecule has 0 N–H and O–H groups in total. The Hall–Kier alpha value is -1.88. The molecule has 5 nitrogen and oxygen atoms in total. The van der Waals surface area contributed by atoms with Crippen molar-refractivity contribution in [3.8, 4) is 0 Å². The van der Waals surface area contributed by atoms with Crippen LogP contribution >= 0.6 is 0 Å². The molecule has 208 valence electrons. The van der Waals surface area contributed by atoms with E-state index in [1.165, 1.54) is 0 Å². The summed E-state index contributed by atoms with van der Waals surface area (Å²) in [5.74, 6) is -0.125. The highest BCUT2D eigenvalue weighted by Gasteiger charge is 2.33. The summed E-state index contributed by atoms with van der Waals surface area (Å²) in [4.78, 5) is 20.8. The van der Waals surface area contributed by atoms with Gasteiger partial charge in [0.15, 0.2) is 0 Å². The van der Waals surface area contributed by atoms with Crippen LogP contribution in [0.2, 0.25) is 0 Å². The van der Waals surface area contributed by atoms with E-state index < -0.39 is 17.9 Å². The van der Waals surface area contributed by atoms with E-state index in [1.807, 2.05) is 20.8 Å². The van der Waals surface area contributed by atoms with Crippen molar-refractivity contribution in [3.05, 3.63) is 29.1 Å². The largest absolute Gasteiger partial charge is 0.417 e. The lowest BCUT2D eigenvalue weighted by molar-refractivity contribution is -0.138. The maximum absolute atomic E-state index is 12.9. The van der Waals surface area contributed by atoms with Crippen LogP contribution in [-0.4, -0.2) is 66.3 Å². The van der Waals surface area contributed by atoms with Crippen LogP contribution in [0, 0.1) is 5.92 Å². The van der Waals surface area contributed by atoms with Crippen LogP contribution in [0.5, 0.6) is 0 Å². The minimum atomic E-state index is -4.42. The van der Waals surface area contributed by atoms with Crippen molar-refractivity contribution in [3.63, 3.8) is 0 Å². The highest BCUT2D eigenvalue weighted by molar-refractivity contribution is 5.78. The molecule has 0 bridgehead atoms. The molecule has 3 heterocycles. The van der Waals surface area contributed by atoms with Gasteiger partial charge in [0.1, 0.15) is 0 Å². The highest BCUT2D eigenvalue weighted by atomic mass is 19.4. The molecule has 2 aliphatic rings. The Kier molecular flexibility index (Phi) is 13.2. The van der Waals surface area contributed by atoms with Crippen LogP contribution in [0.3, 0.4) is 0 Å². The summed E-state index contributed by atoms with van der Waals surface area (Å²) in [5, 5.41) is 0. The number of carbonyl (C=O) groups excluding carboxylic acids is 1. The molecular formula is C25H39F6N3O2. The number of hydrogen-bond donors (Lipinski definition) is 0. The first-order valence-corrected chi connectivity index (χ1v) is 12.4. The van der Waals surface area contributed by atoms with Crippen molar-refractivity contribution in [1.82, 2.24) is 14.8 Å². The van der Waals surface area contributed by atoms with Gasteiger partial charge in [0.2, 0.25) is 5.91 Å².